The van der Waals surface area contributed by atoms with Crippen molar-refractivity contribution < 1.29 is 4.74 Å². The van der Waals surface area contributed by atoms with Crippen LogP contribution in [0.5, 0.6) is 0 Å². The number of morpholine rings is 1. The topological polar surface area (TPSA) is 36.3 Å². The van der Waals surface area contributed by atoms with E-state index in [1.165, 1.54) is 5.56 Å². The SMILES string of the molecule is Cc1ccc(C(=N)N2CCOCC2)cc1. The number of nitrogens with one attached hydrogen (secondary N) is 1. The summed E-state index contributed by atoms with van der Waals surface area (Å²) in [6.45, 7) is 5.17. The van der Waals surface area contributed by atoms with Crippen LogP contribution in [0.4, 0.5) is 0 Å². The van der Waals surface area contributed by atoms with Gasteiger partial charge in [-0.15, -0.1) is 0 Å². The van der Waals surface area contributed by atoms with Gasteiger partial charge in [-0.1, -0.05) is 29.8 Å². The fraction of sp³-hybridized carbons (Fsp3) is 0.417. The predicted octanol–water partition coefficient (Wildman–Crippen LogP) is 1.65. The van der Waals surface area contributed by atoms with Crippen molar-refractivity contribution >= 4 is 5.84 Å². The molecule has 0 bridgehead atoms. The summed E-state index contributed by atoms with van der Waals surface area (Å²) in [5, 5.41) is 8.07. The molecule has 3 nitrogen and oxygen atoms in total. The predicted molar refractivity (Wildman–Crippen MR) is 60.4 cm³/mol. The summed E-state index contributed by atoms with van der Waals surface area (Å²) in [7, 11) is 0. The van der Waals surface area contributed by atoms with Gasteiger partial charge in [0.05, 0.1) is 13.2 Å². The van der Waals surface area contributed by atoms with E-state index in [1.54, 1.807) is 0 Å². The third-order valence-corrected chi connectivity index (χ3v) is 2.65. The Bertz CT molecular complexity index is 339. The Morgan fingerprint density at radius 3 is 2.40 bits per heavy atom. The Balaban J connectivity index is 2.09. The molecule has 0 saturated carbocycles. The lowest BCUT2D eigenvalue weighted by Gasteiger charge is -2.29. The molecule has 0 amide bonds. The molecule has 1 aromatic rings. The lowest BCUT2D eigenvalue weighted by molar-refractivity contribution is 0.0680. The van der Waals surface area contributed by atoms with Gasteiger partial charge in [0, 0.05) is 18.7 Å². The molecule has 1 N–H and O–H groups in total. The highest BCUT2D eigenvalue weighted by atomic mass is 16.5. The van der Waals surface area contributed by atoms with Crippen LogP contribution < -0.4 is 0 Å². The van der Waals surface area contributed by atoms with E-state index in [1.807, 2.05) is 24.3 Å². The van der Waals surface area contributed by atoms with Crippen LogP contribution in [0, 0.1) is 12.3 Å². The van der Waals surface area contributed by atoms with Gasteiger partial charge in [0.25, 0.3) is 0 Å². The maximum absolute atomic E-state index is 8.07. The smallest absolute Gasteiger partial charge is 0.128 e. The number of hydrogen-bond donors (Lipinski definition) is 1. The number of aryl methyl sites for hydroxylation is 1. The molecule has 1 aliphatic rings. The molecule has 0 radical (unpaired) electrons. The van der Waals surface area contributed by atoms with E-state index in [0.29, 0.717) is 5.84 Å². The van der Waals surface area contributed by atoms with Gasteiger partial charge in [0.15, 0.2) is 0 Å². The van der Waals surface area contributed by atoms with Crippen molar-refractivity contribution in [1.82, 2.24) is 4.90 Å². The van der Waals surface area contributed by atoms with Crippen molar-refractivity contribution in [3.8, 4) is 0 Å². The lowest BCUT2D eigenvalue weighted by Crippen LogP contribution is -2.40. The molecular weight excluding hydrogens is 188 g/mol. The molecule has 2 rings (SSSR count). The van der Waals surface area contributed by atoms with Crippen LogP contribution in [-0.2, 0) is 4.74 Å². The second-order valence-corrected chi connectivity index (χ2v) is 3.81. The van der Waals surface area contributed by atoms with E-state index in [0.717, 1.165) is 31.9 Å². The number of nitrogens with zero attached hydrogens (tertiary/aromatic N) is 1. The van der Waals surface area contributed by atoms with Crippen molar-refractivity contribution in [2.45, 2.75) is 6.92 Å². The highest BCUT2D eigenvalue weighted by molar-refractivity contribution is 5.96. The van der Waals surface area contributed by atoms with Crippen molar-refractivity contribution in [3.05, 3.63) is 35.4 Å². The molecule has 1 saturated heterocycles. The van der Waals surface area contributed by atoms with Gasteiger partial charge >= 0.3 is 0 Å². The van der Waals surface area contributed by atoms with Gasteiger partial charge in [-0.2, -0.15) is 0 Å². The van der Waals surface area contributed by atoms with E-state index >= 15 is 0 Å². The minimum Gasteiger partial charge on any atom is -0.378 e. The fourth-order valence-electron chi connectivity index (χ4n) is 1.68. The van der Waals surface area contributed by atoms with E-state index in [4.69, 9.17) is 10.1 Å². The van der Waals surface area contributed by atoms with Crippen LogP contribution in [0.25, 0.3) is 0 Å². The summed E-state index contributed by atoms with van der Waals surface area (Å²) in [4.78, 5) is 2.06. The fourth-order valence-corrected chi connectivity index (χ4v) is 1.68. The number of benzene rings is 1. The van der Waals surface area contributed by atoms with Gasteiger partial charge in [0.2, 0.25) is 0 Å². The van der Waals surface area contributed by atoms with Crippen LogP contribution in [-0.4, -0.2) is 37.0 Å². The molecule has 0 aliphatic carbocycles. The Morgan fingerprint density at radius 2 is 1.80 bits per heavy atom. The normalized spacial score (nSPS) is 16.5. The maximum Gasteiger partial charge on any atom is 0.128 e. The molecule has 1 aromatic carbocycles. The van der Waals surface area contributed by atoms with Crippen LogP contribution >= 0.6 is 0 Å². The van der Waals surface area contributed by atoms with E-state index in [9.17, 15) is 0 Å². The number of amidine groups is 1. The average molecular weight is 204 g/mol. The van der Waals surface area contributed by atoms with Gasteiger partial charge in [-0.3, -0.25) is 5.41 Å². The quantitative estimate of drug-likeness (QED) is 0.558. The zero-order valence-corrected chi connectivity index (χ0v) is 8.99. The lowest BCUT2D eigenvalue weighted by atomic mass is 10.1. The second-order valence-electron chi connectivity index (χ2n) is 3.81. The standard InChI is InChI=1S/C12H16N2O/c1-10-2-4-11(5-3-10)12(13)14-6-8-15-9-7-14/h2-5,13H,6-9H2,1H3. The Labute approximate surface area is 90.2 Å². The Hall–Kier alpha value is -1.35. The first-order chi connectivity index (χ1) is 7.27. The monoisotopic (exact) mass is 204 g/mol. The zero-order valence-electron chi connectivity index (χ0n) is 8.99. The minimum absolute atomic E-state index is 0.610. The molecule has 0 aromatic heterocycles. The minimum atomic E-state index is 0.610. The molecule has 80 valence electrons. The first-order valence-electron chi connectivity index (χ1n) is 5.25. The van der Waals surface area contributed by atoms with Gasteiger partial charge in [0.1, 0.15) is 5.84 Å². The zero-order chi connectivity index (χ0) is 10.7. The first-order valence-corrected chi connectivity index (χ1v) is 5.25. The van der Waals surface area contributed by atoms with E-state index in [2.05, 4.69) is 11.8 Å². The molecule has 1 fully saturated rings. The molecule has 3 heteroatoms. The molecular formula is C12H16N2O. The summed E-state index contributed by atoms with van der Waals surface area (Å²) >= 11 is 0. The molecule has 0 spiro atoms. The average Bonchev–Trinajstić information content (AvgIpc) is 2.30. The highest BCUT2D eigenvalue weighted by Gasteiger charge is 2.14. The Kier molecular flexibility index (Phi) is 3.02. The van der Waals surface area contributed by atoms with E-state index < -0.39 is 0 Å². The molecule has 1 heterocycles. The third kappa shape index (κ3) is 2.36. The summed E-state index contributed by atoms with van der Waals surface area (Å²) in [5.74, 6) is 0.610. The first kappa shape index (κ1) is 10.2. The molecule has 0 atom stereocenters. The van der Waals surface area contributed by atoms with Gasteiger partial charge in [-0.05, 0) is 6.92 Å². The van der Waals surface area contributed by atoms with Crippen molar-refractivity contribution in [2.24, 2.45) is 0 Å². The maximum atomic E-state index is 8.07. The van der Waals surface area contributed by atoms with Crippen LogP contribution in [0.15, 0.2) is 24.3 Å². The number of ether oxygens (including phenoxy) is 1. The summed E-state index contributed by atoms with van der Waals surface area (Å²) in [6.07, 6.45) is 0. The molecule has 1 aliphatic heterocycles. The van der Waals surface area contributed by atoms with Gasteiger partial charge in [-0.25, -0.2) is 0 Å². The third-order valence-electron chi connectivity index (χ3n) is 2.65. The van der Waals surface area contributed by atoms with Gasteiger partial charge < -0.3 is 9.64 Å². The summed E-state index contributed by atoms with van der Waals surface area (Å²) in [6, 6.07) is 8.11. The summed E-state index contributed by atoms with van der Waals surface area (Å²) < 4.78 is 5.27. The van der Waals surface area contributed by atoms with Crippen LogP contribution in [0.3, 0.4) is 0 Å². The number of rotatable bonds is 1. The molecule has 15 heavy (non-hydrogen) atoms. The largest absolute Gasteiger partial charge is 0.378 e. The highest BCUT2D eigenvalue weighted by Crippen LogP contribution is 2.08. The van der Waals surface area contributed by atoms with E-state index in [-0.39, 0.29) is 0 Å². The Morgan fingerprint density at radius 1 is 1.20 bits per heavy atom. The van der Waals surface area contributed by atoms with Crippen molar-refractivity contribution in [2.75, 3.05) is 26.3 Å². The summed E-state index contributed by atoms with van der Waals surface area (Å²) in [5.41, 5.74) is 2.22. The van der Waals surface area contributed by atoms with Crippen LogP contribution in [0.1, 0.15) is 11.1 Å². The number of hydrogen-bond acceptors (Lipinski definition) is 2. The van der Waals surface area contributed by atoms with Crippen LogP contribution in [0.2, 0.25) is 0 Å². The van der Waals surface area contributed by atoms with Crippen molar-refractivity contribution in [1.29, 1.82) is 5.41 Å². The second kappa shape index (κ2) is 4.45. The molecule has 0 unspecified atom stereocenters. The van der Waals surface area contributed by atoms with Crippen molar-refractivity contribution in [3.63, 3.8) is 0 Å².